The summed E-state index contributed by atoms with van der Waals surface area (Å²) in [5, 5.41) is 8.14. The molecule has 0 bridgehead atoms. The molecule has 1 unspecified atom stereocenters. The number of fused-ring (bicyclic) bond motifs is 1. The van der Waals surface area contributed by atoms with Gasteiger partial charge in [0.25, 0.3) is 0 Å². The van der Waals surface area contributed by atoms with Gasteiger partial charge in [-0.25, -0.2) is 4.68 Å². The molecule has 1 aliphatic heterocycles. The van der Waals surface area contributed by atoms with Crippen LogP contribution in [0.25, 0.3) is 0 Å². The summed E-state index contributed by atoms with van der Waals surface area (Å²) in [4.78, 5) is 0. The molecule has 108 valence electrons. The lowest BCUT2D eigenvalue weighted by Crippen LogP contribution is -2.34. The Bertz CT molecular complexity index is 418. The van der Waals surface area contributed by atoms with Crippen LogP contribution in [0.4, 0.5) is 5.82 Å². The van der Waals surface area contributed by atoms with Gasteiger partial charge in [0.2, 0.25) is 0 Å². The van der Waals surface area contributed by atoms with E-state index in [1.807, 2.05) is 4.68 Å². The van der Waals surface area contributed by atoms with Gasteiger partial charge in [0.1, 0.15) is 11.9 Å². The first kappa shape index (κ1) is 14.8. The van der Waals surface area contributed by atoms with Crippen LogP contribution in [0.2, 0.25) is 0 Å². The standard InChI is InChI=1S/C13H22BrN3O2/c1-4-5-6-9-11(14)12-15-8-7-10(17(12)16-9)13(18-2)19-3/h10,13,15H,4-8H2,1-3H3. The predicted molar refractivity (Wildman–Crippen MR) is 78.5 cm³/mol. The summed E-state index contributed by atoms with van der Waals surface area (Å²) >= 11 is 3.66. The molecule has 19 heavy (non-hydrogen) atoms. The molecule has 0 radical (unpaired) electrons. The SMILES string of the molecule is CCCCc1nn2c(c1Br)NCCC2C(OC)OC. The van der Waals surface area contributed by atoms with Crippen molar-refractivity contribution >= 4 is 21.7 Å². The number of ether oxygens (including phenoxy) is 2. The number of anilines is 1. The first-order valence-corrected chi connectivity index (χ1v) is 7.58. The van der Waals surface area contributed by atoms with Crippen molar-refractivity contribution in [2.45, 2.75) is 44.9 Å². The third-order valence-corrected chi connectivity index (χ3v) is 4.34. The van der Waals surface area contributed by atoms with E-state index in [1.165, 1.54) is 6.42 Å². The number of nitrogens with one attached hydrogen (secondary N) is 1. The number of nitrogens with zero attached hydrogens (tertiary/aromatic N) is 2. The number of unbranched alkanes of at least 4 members (excludes halogenated alkanes) is 1. The van der Waals surface area contributed by atoms with E-state index in [0.717, 1.165) is 41.8 Å². The van der Waals surface area contributed by atoms with Crippen molar-refractivity contribution in [2.24, 2.45) is 0 Å². The summed E-state index contributed by atoms with van der Waals surface area (Å²) in [6.45, 7) is 3.10. The van der Waals surface area contributed by atoms with E-state index >= 15 is 0 Å². The molecule has 1 N–H and O–H groups in total. The topological polar surface area (TPSA) is 48.3 Å². The summed E-state index contributed by atoms with van der Waals surface area (Å²) in [5.74, 6) is 1.04. The summed E-state index contributed by atoms with van der Waals surface area (Å²) in [6.07, 6.45) is 4.00. The lowest BCUT2D eigenvalue weighted by atomic mass is 10.1. The monoisotopic (exact) mass is 331 g/mol. The van der Waals surface area contributed by atoms with Gasteiger partial charge in [0, 0.05) is 20.8 Å². The van der Waals surface area contributed by atoms with Gasteiger partial charge in [0.05, 0.1) is 10.2 Å². The van der Waals surface area contributed by atoms with Crippen LogP contribution in [-0.2, 0) is 15.9 Å². The van der Waals surface area contributed by atoms with Gasteiger partial charge in [-0.1, -0.05) is 13.3 Å². The number of methoxy groups -OCH3 is 2. The molecule has 0 amide bonds. The number of hydrogen-bond acceptors (Lipinski definition) is 4. The van der Waals surface area contributed by atoms with Crippen LogP contribution in [0.1, 0.15) is 37.9 Å². The summed E-state index contributed by atoms with van der Waals surface area (Å²) in [5.41, 5.74) is 1.11. The molecule has 1 aromatic rings. The maximum absolute atomic E-state index is 5.40. The second kappa shape index (κ2) is 6.72. The second-order valence-corrected chi connectivity index (χ2v) is 5.57. The maximum atomic E-state index is 5.40. The highest BCUT2D eigenvalue weighted by atomic mass is 79.9. The van der Waals surface area contributed by atoms with Gasteiger partial charge in [-0.3, -0.25) is 0 Å². The third-order valence-electron chi connectivity index (χ3n) is 3.51. The number of hydrogen-bond donors (Lipinski definition) is 1. The Balaban J connectivity index is 2.28. The zero-order valence-corrected chi connectivity index (χ0v) is 13.4. The Morgan fingerprint density at radius 1 is 1.47 bits per heavy atom. The second-order valence-electron chi connectivity index (χ2n) is 4.78. The number of rotatable bonds is 6. The zero-order chi connectivity index (χ0) is 13.8. The van der Waals surface area contributed by atoms with Gasteiger partial charge >= 0.3 is 0 Å². The third kappa shape index (κ3) is 2.95. The fraction of sp³-hybridized carbons (Fsp3) is 0.769. The van der Waals surface area contributed by atoms with E-state index < -0.39 is 0 Å². The van der Waals surface area contributed by atoms with E-state index in [2.05, 4.69) is 28.2 Å². The van der Waals surface area contributed by atoms with E-state index in [1.54, 1.807) is 14.2 Å². The van der Waals surface area contributed by atoms with Crippen molar-refractivity contribution in [3.8, 4) is 0 Å². The fourth-order valence-electron chi connectivity index (χ4n) is 2.49. The predicted octanol–water partition coefficient (Wildman–Crippen LogP) is 2.96. The molecule has 2 heterocycles. The minimum Gasteiger partial charge on any atom is -0.369 e. The van der Waals surface area contributed by atoms with Crippen molar-refractivity contribution < 1.29 is 9.47 Å². The average molecular weight is 332 g/mol. The highest BCUT2D eigenvalue weighted by Crippen LogP contribution is 2.35. The van der Waals surface area contributed by atoms with Crippen molar-refractivity contribution in [2.75, 3.05) is 26.1 Å². The highest BCUT2D eigenvalue weighted by molar-refractivity contribution is 9.10. The van der Waals surface area contributed by atoms with Crippen LogP contribution >= 0.6 is 15.9 Å². The summed E-state index contributed by atoms with van der Waals surface area (Å²) in [6, 6.07) is 0.123. The molecular weight excluding hydrogens is 310 g/mol. The number of aryl methyl sites for hydroxylation is 1. The van der Waals surface area contributed by atoms with E-state index in [4.69, 9.17) is 14.6 Å². The van der Waals surface area contributed by atoms with Crippen molar-refractivity contribution in [1.29, 1.82) is 0 Å². The molecule has 0 aromatic carbocycles. The van der Waals surface area contributed by atoms with Crippen LogP contribution in [0.5, 0.6) is 0 Å². The highest BCUT2D eigenvalue weighted by Gasteiger charge is 2.31. The summed E-state index contributed by atoms with van der Waals surface area (Å²) in [7, 11) is 3.35. The number of halogens is 1. The molecule has 6 heteroatoms. The molecule has 1 atom stereocenters. The molecule has 0 saturated carbocycles. The lowest BCUT2D eigenvalue weighted by molar-refractivity contribution is -0.135. The minimum atomic E-state index is -0.258. The van der Waals surface area contributed by atoms with E-state index in [0.29, 0.717) is 0 Å². The summed E-state index contributed by atoms with van der Waals surface area (Å²) < 4.78 is 13.9. The van der Waals surface area contributed by atoms with Crippen LogP contribution in [0.15, 0.2) is 4.47 Å². The average Bonchev–Trinajstić information content (AvgIpc) is 2.76. The molecule has 1 aliphatic rings. The molecule has 1 aromatic heterocycles. The molecule has 0 saturated heterocycles. The Hall–Kier alpha value is -0.590. The largest absolute Gasteiger partial charge is 0.369 e. The number of aromatic nitrogens is 2. The van der Waals surface area contributed by atoms with E-state index in [-0.39, 0.29) is 12.3 Å². The van der Waals surface area contributed by atoms with E-state index in [9.17, 15) is 0 Å². The molecule has 0 spiro atoms. The first-order valence-electron chi connectivity index (χ1n) is 6.79. The van der Waals surface area contributed by atoms with Gasteiger partial charge in [-0.05, 0) is 35.2 Å². The van der Waals surface area contributed by atoms with Gasteiger partial charge in [-0.15, -0.1) is 0 Å². The van der Waals surface area contributed by atoms with Crippen LogP contribution in [-0.4, -0.2) is 36.8 Å². The molecule has 0 fully saturated rings. The van der Waals surface area contributed by atoms with Crippen molar-refractivity contribution in [3.63, 3.8) is 0 Å². The fourth-order valence-corrected chi connectivity index (χ4v) is 3.09. The zero-order valence-electron chi connectivity index (χ0n) is 11.8. The lowest BCUT2D eigenvalue weighted by Gasteiger charge is -2.30. The normalized spacial score (nSPS) is 18.5. The van der Waals surface area contributed by atoms with Gasteiger partial charge in [0.15, 0.2) is 6.29 Å². The van der Waals surface area contributed by atoms with Crippen LogP contribution < -0.4 is 5.32 Å². The minimum absolute atomic E-state index is 0.123. The Labute approximate surface area is 122 Å². The van der Waals surface area contributed by atoms with Crippen molar-refractivity contribution in [1.82, 2.24) is 9.78 Å². The Morgan fingerprint density at radius 3 is 2.84 bits per heavy atom. The Kier molecular flexibility index (Phi) is 5.24. The van der Waals surface area contributed by atoms with Crippen LogP contribution in [0, 0.1) is 0 Å². The molecular formula is C13H22BrN3O2. The maximum Gasteiger partial charge on any atom is 0.179 e. The van der Waals surface area contributed by atoms with Gasteiger partial charge in [-0.2, -0.15) is 5.10 Å². The first-order chi connectivity index (χ1) is 9.22. The molecule has 0 aliphatic carbocycles. The quantitative estimate of drug-likeness (QED) is 0.814. The van der Waals surface area contributed by atoms with Crippen molar-refractivity contribution in [3.05, 3.63) is 10.2 Å². The smallest absolute Gasteiger partial charge is 0.179 e. The molecule has 2 rings (SSSR count). The Morgan fingerprint density at radius 2 is 2.21 bits per heavy atom. The van der Waals surface area contributed by atoms with Crippen LogP contribution in [0.3, 0.4) is 0 Å². The van der Waals surface area contributed by atoms with Gasteiger partial charge < -0.3 is 14.8 Å². The molecule has 5 nitrogen and oxygen atoms in total.